The average molecular weight is 438 g/mol. The van der Waals surface area contributed by atoms with Crippen LogP contribution in [0, 0.1) is 5.82 Å². The van der Waals surface area contributed by atoms with Crippen molar-refractivity contribution in [2.24, 2.45) is 0 Å². The zero-order valence-corrected chi connectivity index (χ0v) is 18.2. The van der Waals surface area contributed by atoms with E-state index in [4.69, 9.17) is 12.2 Å². The molecule has 154 valence electrons. The van der Waals surface area contributed by atoms with Crippen LogP contribution in [0.25, 0.3) is 0 Å². The number of aromatic nitrogens is 1. The van der Waals surface area contributed by atoms with E-state index in [1.165, 1.54) is 18.4 Å². The van der Waals surface area contributed by atoms with E-state index in [0.29, 0.717) is 5.11 Å². The van der Waals surface area contributed by atoms with Crippen molar-refractivity contribution in [2.45, 2.75) is 41.0 Å². The van der Waals surface area contributed by atoms with Crippen molar-refractivity contribution in [3.05, 3.63) is 84.3 Å². The van der Waals surface area contributed by atoms with Gasteiger partial charge in [0.15, 0.2) is 5.11 Å². The van der Waals surface area contributed by atoms with E-state index in [-0.39, 0.29) is 11.2 Å². The first-order valence-electron chi connectivity index (χ1n) is 10.1. The standard InChI is InChI=1S/C24H24FN3S2/c25-19-10-8-18(9-11-19)24(14-4-5-15-24)17-27-23(29)28-20-12-13-22(26-16-20)30-21-6-2-1-3-7-21/h1-3,6-13,16H,4-5,14-15,17H2,(H2,27,28,29). The van der Waals surface area contributed by atoms with E-state index in [9.17, 15) is 4.39 Å². The van der Waals surface area contributed by atoms with E-state index in [2.05, 4.69) is 27.8 Å². The van der Waals surface area contributed by atoms with Crippen molar-refractivity contribution < 1.29 is 4.39 Å². The van der Waals surface area contributed by atoms with Crippen LogP contribution in [-0.2, 0) is 5.41 Å². The van der Waals surface area contributed by atoms with Gasteiger partial charge in [-0.05, 0) is 67.0 Å². The van der Waals surface area contributed by atoms with Crippen molar-refractivity contribution >= 4 is 34.8 Å². The molecular formula is C24H24FN3S2. The lowest BCUT2D eigenvalue weighted by Crippen LogP contribution is -2.40. The predicted molar refractivity (Wildman–Crippen MR) is 126 cm³/mol. The molecule has 1 aliphatic rings. The summed E-state index contributed by atoms with van der Waals surface area (Å²) >= 11 is 7.14. The van der Waals surface area contributed by atoms with Crippen LogP contribution in [-0.4, -0.2) is 16.6 Å². The number of rotatable bonds is 6. The van der Waals surface area contributed by atoms with Gasteiger partial charge in [0.25, 0.3) is 0 Å². The van der Waals surface area contributed by atoms with Crippen molar-refractivity contribution in [1.29, 1.82) is 0 Å². The maximum atomic E-state index is 13.4. The topological polar surface area (TPSA) is 37.0 Å². The van der Waals surface area contributed by atoms with Gasteiger partial charge in [0.1, 0.15) is 10.8 Å². The van der Waals surface area contributed by atoms with Crippen molar-refractivity contribution in [1.82, 2.24) is 10.3 Å². The largest absolute Gasteiger partial charge is 0.362 e. The highest BCUT2D eigenvalue weighted by molar-refractivity contribution is 7.99. The fourth-order valence-corrected chi connectivity index (χ4v) is 4.94. The monoisotopic (exact) mass is 437 g/mol. The quantitative estimate of drug-likeness (QED) is 0.451. The smallest absolute Gasteiger partial charge is 0.170 e. The Morgan fingerprint density at radius 3 is 2.40 bits per heavy atom. The summed E-state index contributed by atoms with van der Waals surface area (Å²) in [4.78, 5) is 5.67. The Labute approximate surface area is 186 Å². The minimum atomic E-state index is -0.196. The Kier molecular flexibility index (Phi) is 6.65. The van der Waals surface area contributed by atoms with Gasteiger partial charge in [-0.15, -0.1) is 0 Å². The molecule has 1 fully saturated rings. The molecule has 0 amide bonds. The summed E-state index contributed by atoms with van der Waals surface area (Å²) in [5.41, 5.74) is 2.04. The van der Waals surface area contributed by atoms with Gasteiger partial charge in [0.2, 0.25) is 0 Å². The van der Waals surface area contributed by atoms with Crippen LogP contribution in [0.3, 0.4) is 0 Å². The van der Waals surface area contributed by atoms with Gasteiger partial charge in [-0.3, -0.25) is 0 Å². The van der Waals surface area contributed by atoms with Crippen LogP contribution in [0.15, 0.2) is 82.8 Å². The highest BCUT2D eigenvalue weighted by Crippen LogP contribution is 2.40. The van der Waals surface area contributed by atoms with Crippen LogP contribution in [0.4, 0.5) is 10.1 Å². The fraction of sp³-hybridized carbons (Fsp3) is 0.250. The van der Waals surface area contributed by atoms with E-state index in [1.54, 1.807) is 30.1 Å². The number of pyridine rings is 1. The van der Waals surface area contributed by atoms with Crippen LogP contribution in [0.5, 0.6) is 0 Å². The summed E-state index contributed by atoms with van der Waals surface area (Å²) in [5, 5.41) is 8.11. The molecule has 3 aromatic rings. The van der Waals surface area contributed by atoms with E-state index < -0.39 is 0 Å². The molecule has 0 spiro atoms. The maximum absolute atomic E-state index is 13.4. The molecule has 1 aromatic heterocycles. The average Bonchev–Trinajstić information content (AvgIpc) is 3.25. The molecule has 0 bridgehead atoms. The summed E-state index contributed by atoms with van der Waals surface area (Å²) in [6, 6.07) is 21.1. The van der Waals surface area contributed by atoms with E-state index in [0.717, 1.165) is 35.0 Å². The molecule has 6 heteroatoms. The van der Waals surface area contributed by atoms with Gasteiger partial charge in [-0.2, -0.15) is 0 Å². The Hall–Kier alpha value is -2.44. The summed E-state index contributed by atoms with van der Waals surface area (Å²) in [6.07, 6.45) is 6.33. The lowest BCUT2D eigenvalue weighted by atomic mass is 9.79. The maximum Gasteiger partial charge on any atom is 0.170 e. The zero-order chi connectivity index (χ0) is 20.8. The number of anilines is 1. The second-order valence-electron chi connectivity index (χ2n) is 7.60. The molecule has 2 aromatic carbocycles. The second-order valence-corrected chi connectivity index (χ2v) is 9.10. The Bertz CT molecular complexity index is 970. The van der Waals surface area contributed by atoms with Crippen LogP contribution in [0.1, 0.15) is 31.2 Å². The minimum absolute atomic E-state index is 0.00781. The number of hydrogen-bond acceptors (Lipinski definition) is 3. The van der Waals surface area contributed by atoms with Gasteiger partial charge in [-0.1, -0.05) is 54.9 Å². The third-order valence-electron chi connectivity index (χ3n) is 5.56. The minimum Gasteiger partial charge on any atom is -0.362 e. The molecule has 0 radical (unpaired) electrons. The molecule has 4 rings (SSSR count). The molecule has 0 atom stereocenters. The molecular weight excluding hydrogens is 413 g/mol. The van der Waals surface area contributed by atoms with Crippen LogP contribution in [0.2, 0.25) is 0 Å². The van der Waals surface area contributed by atoms with Crippen LogP contribution >= 0.6 is 24.0 Å². The summed E-state index contributed by atoms with van der Waals surface area (Å²) < 4.78 is 13.4. The van der Waals surface area contributed by atoms with E-state index in [1.807, 2.05) is 42.5 Å². The molecule has 0 saturated heterocycles. The second kappa shape index (κ2) is 9.58. The van der Waals surface area contributed by atoms with Crippen LogP contribution < -0.4 is 10.6 Å². The number of nitrogens with one attached hydrogen (secondary N) is 2. The van der Waals surface area contributed by atoms with Gasteiger partial charge in [0, 0.05) is 16.9 Å². The first kappa shape index (κ1) is 20.8. The Balaban J connectivity index is 1.34. The zero-order valence-electron chi connectivity index (χ0n) is 16.6. The molecule has 1 aliphatic carbocycles. The summed E-state index contributed by atoms with van der Waals surface area (Å²) in [5.74, 6) is -0.196. The van der Waals surface area contributed by atoms with E-state index >= 15 is 0 Å². The van der Waals surface area contributed by atoms with Crippen molar-refractivity contribution in [3.8, 4) is 0 Å². The first-order valence-corrected chi connectivity index (χ1v) is 11.4. The Morgan fingerprint density at radius 1 is 1.00 bits per heavy atom. The lowest BCUT2D eigenvalue weighted by Gasteiger charge is -2.30. The number of thiocarbonyl (C=S) groups is 1. The van der Waals surface area contributed by atoms with Crippen molar-refractivity contribution in [2.75, 3.05) is 11.9 Å². The summed E-state index contributed by atoms with van der Waals surface area (Å²) in [7, 11) is 0. The third-order valence-corrected chi connectivity index (χ3v) is 6.77. The third kappa shape index (κ3) is 5.18. The molecule has 1 saturated carbocycles. The predicted octanol–water partition coefficient (Wildman–Crippen LogP) is 6.17. The number of benzene rings is 2. The highest BCUT2D eigenvalue weighted by Gasteiger charge is 2.35. The fourth-order valence-electron chi connectivity index (χ4n) is 3.97. The van der Waals surface area contributed by atoms with Gasteiger partial charge < -0.3 is 10.6 Å². The SMILES string of the molecule is Fc1ccc(C2(CNC(=S)Nc3ccc(Sc4ccccc4)nc3)CCCC2)cc1. The van der Waals surface area contributed by atoms with Gasteiger partial charge in [0.05, 0.1) is 11.9 Å². The molecule has 0 aliphatic heterocycles. The molecule has 30 heavy (non-hydrogen) atoms. The lowest BCUT2D eigenvalue weighted by molar-refractivity contribution is 0.434. The normalized spacial score (nSPS) is 15.0. The molecule has 1 heterocycles. The number of hydrogen-bond donors (Lipinski definition) is 2. The first-order chi connectivity index (χ1) is 14.6. The highest BCUT2D eigenvalue weighted by atomic mass is 32.2. The Morgan fingerprint density at radius 2 is 1.73 bits per heavy atom. The molecule has 2 N–H and O–H groups in total. The number of nitrogens with zero attached hydrogens (tertiary/aromatic N) is 1. The van der Waals surface area contributed by atoms with Gasteiger partial charge >= 0.3 is 0 Å². The number of halogens is 1. The molecule has 3 nitrogen and oxygen atoms in total. The summed E-state index contributed by atoms with van der Waals surface area (Å²) in [6.45, 7) is 0.736. The molecule has 0 unspecified atom stereocenters. The van der Waals surface area contributed by atoms with Gasteiger partial charge in [-0.25, -0.2) is 9.37 Å². The van der Waals surface area contributed by atoms with Crippen molar-refractivity contribution in [3.63, 3.8) is 0 Å².